The number of hydrogen-bond donors (Lipinski definition) is 0. The van der Waals surface area contributed by atoms with Gasteiger partial charge >= 0.3 is 0 Å². The first kappa shape index (κ1) is 20.5. The van der Waals surface area contributed by atoms with Gasteiger partial charge in [-0.3, -0.25) is 0 Å². The van der Waals surface area contributed by atoms with Crippen LogP contribution in [-0.2, 0) is 6.42 Å². The summed E-state index contributed by atoms with van der Waals surface area (Å²) >= 11 is 14.1. The molecule has 0 saturated heterocycles. The van der Waals surface area contributed by atoms with Crippen LogP contribution in [0.2, 0.25) is 10.0 Å². The fourth-order valence-electron chi connectivity index (χ4n) is 3.43. The van der Waals surface area contributed by atoms with E-state index in [9.17, 15) is 0 Å². The van der Waals surface area contributed by atoms with Crippen molar-refractivity contribution in [3.05, 3.63) is 75.0 Å². The monoisotopic (exact) mass is 444 g/mol. The highest BCUT2D eigenvalue weighted by molar-refractivity contribution is 7.99. The first-order valence-electron chi connectivity index (χ1n) is 9.62. The third-order valence-corrected chi connectivity index (χ3v) is 6.43. The number of benzene rings is 2. The summed E-state index contributed by atoms with van der Waals surface area (Å²) in [5.74, 6) is 2.24. The van der Waals surface area contributed by atoms with Crippen molar-refractivity contribution in [2.24, 2.45) is 11.0 Å². The molecule has 1 unspecified atom stereocenters. The predicted octanol–water partition coefficient (Wildman–Crippen LogP) is 6.29. The van der Waals surface area contributed by atoms with Crippen LogP contribution in [0, 0.1) is 5.92 Å². The number of hydrogen-bond acceptors (Lipinski definition) is 4. The molecule has 3 aromatic rings. The highest BCUT2D eigenvalue weighted by Crippen LogP contribution is 2.31. The predicted molar refractivity (Wildman–Crippen MR) is 122 cm³/mol. The van der Waals surface area contributed by atoms with Crippen LogP contribution in [0.15, 0.2) is 52.7 Å². The molecule has 0 aliphatic carbocycles. The summed E-state index contributed by atoms with van der Waals surface area (Å²) in [5.41, 5.74) is 4.33. The summed E-state index contributed by atoms with van der Waals surface area (Å²) in [7, 11) is 0. The molecule has 0 N–H and O–H groups in total. The largest absolute Gasteiger partial charge is 0.212 e. The SMILES string of the molecule is CC(C)Cc1ccc(C(C)c2nnc3n2N=C(c2ccc(Cl)cc2Cl)CS3)cc1. The number of thioether (sulfide) groups is 1. The van der Waals surface area contributed by atoms with Gasteiger partial charge in [-0.2, -0.15) is 9.78 Å². The number of halogens is 2. The number of aromatic nitrogens is 3. The zero-order valence-electron chi connectivity index (χ0n) is 16.6. The normalized spacial score (nSPS) is 14.6. The molecular formula is C22H22Cl2N4S. The summed E-state index contributed by atoms with van der Waals surface area (Å²) < 4.78 is 1.85. The molecule has 7 heteroatoms. The fraction of sp³-hybridized carbons (Fsp3) is 0.318. The number of fused-ring (bicyclic) bond motifs is 1. The second-order valence-electron chi connectivity index (χ2n) is 7.67. The van der Waals surface area contributed by atoms with E-state index in [0.717, 1.165) is 28.7 Å². The summed E-state index contributed by atoms with van der Waals surface area (Å²) in [4.78, 5) is 0. The fourth-order valence-corrected chi connectivity index (χ4v) is 4.78. The Labute approximate surface area is 185 Å². The van der Waals surface area contributed by atoms with Crippen LogP contribution in [0.4, 0.5) is 0 Å². The molecule has 0 amide bonds. The third-order valence-electron chi connectivity index (χ3n) is 4.95. The summed E-state index contributed by atoms with van der Waals surface area (Å²) in [5, 5.41) is 15.6. The van der Waals surface area contributed by atoms with Gasteiger partial charge in [0.15, 0.2) is 5.82 Å². The van der Waals surface area contributed by atoms with Crippen LogP contribution in [0.1, 0.15) is 49.2 Å². The molecule has 150 valence electrons. The van der Waals surface area contributed by atoms with Crippen LogP contribution >= 0.6 is 35.0 Å². The molecule has 1 aromatic heterocycles. The molecule has 1 aliphatic heterocycles. The average Bonchev–Trinajstić information content (AvgIpc) is 3.11. The standard InChI is InChI=1S/C22H22Cl2N4S/c1-13(2)10-15-4-6-16(7-5-15)14(3)21-25-26-22-28(21)27-20(12-29-22)18-9-8-17(23)11-19(18)24/h4-9,11,13-14H,10,12H2,1-3H3. The number of nitrogens with zero attached hydrogens (tertiary/aromatic N) is 4. The van der Waals surface area contributed by atoms with Crippen LogP contribution in [0.25, 0.3) is 0 Å². The molecule has 0 spiro atoms. The highest BCUT2D eigenvalue weighted by Gasteiger charge is 2.24. The lowest BCUT2D eigenvalue weighted by Crippen LogP contribution is -2.16. The molecule has 1 atom stereocenters. The second-order valence-corrected chi connectivity index (χ2v) is 9.46. The minimum absolute atomic E-state index is 0.0775. The van der Waals surface area contributed by atoms with Crippen molar-refractivity contribution in [1.82, 2.24) is 14.9 Å². The van der Waals surface area contributed by atoms with Crippen LogP contribution in [0.3, 0.4) is 0 Å². The van der Waals surface area contributed by atoms with Crippen LogP contribution in [-0.4, -0.2) is 26.3 Å². The lowest BCUT2D eigenvalue weighted by atomic mass is 9.96. The van der Waals surface area contributed by atoms with Gasteiger partial charge in [0.2, 0.25) is 5.16 Å². The first-order valence-corrected chi connectivity index (χ1v) is 11.4. The van der Waals surface area contributed by atoms with Gasteiger partial charge in [-0.15, -0.1) is 10.2 Å². The van der Waals surface area contributed by atoms with Crippen molar-refractivity contribution in [1.29, 1.82) is 0 Å². The Balaban J connectivity index is 1.65. The molecule has 0 fully saturated rings. The van der Waals surface area contributed by atoms with E-state index < -0.39 is 0 Å². The molecular weight excluding hydrogens is 423 g/mol. The smallest absolute Gasteiger partial charge is 0.191 e. The molecule has 2 heterocycles. The molecule has 0 bridgehead atoms. The third kappa shape index (κ3) is 4.37. The Morgan fingerprint density at radius 2 is 1.79 bits per heavy atom. The van der Waals surface area contributed by atoms with E-state index in [1.54, 1.807) is 17.8 Å². The minimum atomic E-state index is 0.0775. The van der Waals surface area contributed by atoms with Gasteiger partial charge in [0.1, 0.15) is 0 Å². The van der Waals surface area contributed by atoms with Crippen molar-refractivity contribution in [2.75, 3.05) is 5.75 Å². The van der Waals surface area contributed by atoms with Crippen molar-refractivity contribution in [3.63, 3.8) is 0 Å². The van der Waals surface area contributed by atoms with Gasteiger partial charge in [-0.25, -0.2) is 0 Å². The topological polar surface area (TPSA) is 43.1 Å². The average molecular weight is 445 g/mol. The Morgan fingerprint density at radius 1 is 1.03 bits per heavy atom. The lowest BCUT2D eigenvalue weighted by Gasteiger charge is -2.17. The molecule has 4 nitrogen and oxygen atoms in total. The highest BCUT2D eigenvalue weighted by atomic mass is 35.5. The molecule has 0 radical (unpaired) electrons. The Kier molecular flexibility index (Phi) is 6.00. The van der Waals surface area contributed by atoms with Crippen molar-refractivity contribution in [2.45, 2.75) is 38.3 Å². The van der Waals surface area contributed by atoms with E-state index in [0.29, 0.717) is 21.7 Å². The van der Waals surface area contributed by atoms with Gasteiger partial charge < -0.3 is 0 Å². The van der Waals surface area contributed by atoms with Gasteiger partial charge in [0.25, 0.3) is 0 Å². The van der Waals surface area contributed by atoms with Crippen LogP contribution in [0.5, 0.6) is 0 Å². The van der Waals surface area contributed by atoms with E-state index in [1.165, 1.54) is 11.1 Å². The second kappa shape index (κ2) is 8.50. The summed E-state index contributed by atoms with van der Waals surface area (Å²) in [6, 6.07) is 14.3. The van der Waals surface area contributed by atoms with Crippen molar-refractivity contribution < 1.29 is 0 Å². The van der Waals surface area contributed by atoms with Gasteiger partial charge in [0.05, 0.1) is 10.7 Å². The molecule has 1 aliphatic rings. The van der Waals surface area contributed by atoms with Crippen molar-refractivity contribution in [3.8, 4) is 0 Å². The molecule has 0 saturated carbocycles. The quantitative estimate of drug-likeness (QED) is 0.463. The molecule has 29 heavy (non-hydrogen) atoms. The zero-order valence-corrected chi connectivity index (χ0v) is 18.9. The van der Waals surface area contributed by atoms with E-state index >= 15 is 0 Å². The van der Waals surface area contributed by atoms with E-state index in [1.807, 2.05) is 16.8 Å². The van der Waals surface area contributed by atoms with E-state index in [4.69, 9.17) is 28.3 Å². The van der Waals surface area contributed by atoms with E-state index in [2.05, 4.69) is 55.2 Å². The van der Waals surface area contributed by atoms with E-state index in [-0.39, 0.29) is 5.92 Å². The Bertz CT molecular complexity index is 1060. The first-order chi connectivity index (χ1) is 13.9. The maximum Gasteiger partial charge on any atom is 0.212 e. The molecule has 2 aromatic carbocycles. The Morgan fingerprint density at radius 3 is 2.48 bits per heavy atom. The van der Waals surface area contributed by atoms with Gasteiger partial charge in [0, 0.05) is 22.3 Å². The molecule has 4 rings (SSSR count). The zero-order chi connectivity index (χ0) is 20.5. The van der Waals surface area contributed by atoms with Crippen LogP contribution < -0.4 is 0 Å². The van der Waals surface area contributed by atoms with Crippen molar-refractivity contribution >= 4 is 40.7 Å². The summed E-state index contributed by atoms with van der Waals surface area (Å²) in [6.07, 6.45) is 1.08. The maximum atomic E-state index is 6.40. The summed E-state index contributed by atoms with van der Waals surface area (Å²) in [6.45, 7) is 6.61. The van der Waals surface area contributed by atoms with Gasteiger partial charge in [-0.05, 0) is 35.6 Å². The minimum Gasteiger partial charge on any atom is -0.191 e. The Hall–Kier alpha value is -1.82. The maximum absolute atomic E-state index is 6.40. The lowest BCUT2D eigenvalue weighted by molar-refractivity contribution is 0.646. The number of rotatable bonds is 5. The van der Waals surface area contributed by atoms with Gasteiger partial charge in [-0.1, -0.05) is 86.1 Å².